The van der Waals surface area contributed by atoms with Gasteiger partial charge in [0.2, 0.25) is 5.89 Å². The van der Waals surface area contributed by atoms with Gasteiger partial charge < -0.3 is 20.2 Å². The maximum Gasteiger partial charge on any atom is 0.264 e. The first-order valence-electron chi connectivity index (χ1n) is 4.16. The minimum atomic E-state index is -0.897. The molecule has 0 aromatic carbocycles. The van der Waals surface area contributed by atoms with E-state index in [-0.39, 0.29) is 12.4 Å². The molecule has 14 heavy (non-hydrogen) atoms. The molecule has 2 heterocycles. The van der Waals surface area contributed by atoms with Crippen LogP contribution in [0.15, 0.2) is 22.7 Å². The lowest BCUT2D eigenvalue weighted by Crippen LogP contribution is -2.11. The number of aromatic amines is 1. The Hall–Kier alpha value is -1.66. The van der Waals surface area contributed by atoms with Crippen molar-refractivity contribution in [2.75, 3.05) is 6.54 Å². The summed E-state index contributed by atoms with van der Waals surface area (Å²) < 4.78 is 5.20. The first-order valence-corrected chi connectivity index (χ1v) is 4.16. The zero-order chi connectivity index (χ0) is 9.97. The average molecular weight is 194 g/mol. The van der Waals surface area contributed by atoms with Crippen LogP contribution in [0, 0.1) is 0 Å². The number of aliphatic hydroxyl groups is 1. The quantitative estimate of drug-likeness (QED) is 0.641. The van der Waals surface area contributed by atoms with Gasteiger partial charge in [-0.15, -0.1) is 10.2 Å². The molecular weight excluding hydrogens is 184 g/mol. The van der Waals surface area contributed by atoms with Crippen LogP contribution in [0.2, 0.25) is 0 Å². The molecular formula is C8H10N4O2. The number of aromatic nitrogens is 3. The summed E-state index contributed by atoms with van der Waals surface area (Å²) in [6.07, 6.45) is 0.852. The Balaban J connectivity index is 2.26. The van der Waals surface area contributed by atoms with Crippen molar-refractivity contribution < 1.29 is 9.52 Å². The third kappa shape index (κ3) is 1.52. The lowest BCUT2D eigenvalue weighted by atomic mass is 10.4. The Morgan fingerprint density at radius 3 is 3.07 bits per heavy atom. The van der Waals surface area contributed by atoms with Crippen LogP contribution in [0.3, 0.4) is 0 Å². The first-order chi connectivity index (χ1) is 6.81. The number of hydrogen-bond donors (Lipinski definition) is 3. The average Bonchev–Trinajstić information content (AvgIpc) is 2.86. The summed E-state index contributed by atoms with van der Waals surface area (Å²) >= 11 is 0. The van der Waals surface area contributed by atoms with Crippen molar-refractivity contribution in [2.45, 2.75) is 6.10 Å². The van der Waals surface area contributed by atoms with Crippen molar-refractivity contribution >= 4 is 0 Å². The molecule has 6 heteroatoms. The minimum Gasteiger partial charge on any atom is -0.416 e. The van der Waals surface area contributed by atoms with Crippen LogP contribution in [0.4, 0.5) is 0 Å². The fourth-order valence-electron chi connectivity index (χ4n) is 1.04. The topological polar surface area (TPSA) is 101 Å². The zero-order valence-corrected chi connectivity index (χ0v) is 7.34. The van der Waals surface area contributed by atoms with Crippen molar-refractivity contribution in [1.29, 1.82) is 0 Å². The van der Waals surface area contributed by atoms with E-state index in [0.29, 0.717) is 11.6 Å². The molecule has 0 aliphatic carbocycles. The Kier molecular flexibility index (Phi) is 2.30. The van der Waals surface area contributed by atoms with Crippen LogP contribution in [-0.4, -0.2) is 26.8 Å². The van der Waals surface area contributed by atoms with Crippen molar-refractivity contribution in [3.63, 3.8) is 0 Å². The van der Waals surface area contributed by atoms with E-state index in [1.807, 2.05) is 6.07 Å². The van der Waals surface area contributed by atoms with E-state index < -0.39 is 6.10 Å². The molecule has 0 radical (unpaired) electrons. The van der Waals surface area contributed by atoms with Gasteiger partial charge in [-0.1, -0.05) is 0 Å². The van der Waals surface area contributed by atoms with Gasteiger partial charge in [-0.25, -0.2) is 0 Å². The molecule has 0 spiro atoms. The maximum atomic E-state index is 9.31. The largest absolute Gasteiger partial charge is 0.416 e. The van der Waals surface area contributed by atoms with E-state index in [1.165, 1.54) is 0 Å². The number of nitrogens with zero attached hydrogens (tertiary/aromatic N) is 2. The van der Waals surface area contributed by atoms with Gasteiger partial charge in [0.1, 0.15) is 11.8 Å². The molecule has 0 amide bonds. The van der Waals surface area contributed by atoms with Crippen molar-refractivity contribution in [3.05, 3.63) is 24.2 Å². The van der Waals surface area contributed by atoms with Gasteiger partial charge >= 0.3 is 0 Å². The van der Waals surface area contributed by atoms with E-state index in [4.69, 9.17) is 10.2 Å². The Morgan fingerprint density at radius 1 is 1.57 bits per heavy atom. The number of H-pyrrole nitrogens is 1. The van der Waals surface area contributed by atoms with Crippen molar-refractivity contribution in [2.24, 2.45) is 5.73 Å². The lowest BCUT2D eigenvalue weighted by molar-refractivity contribution is 0.152. The number of rotatable bonds is 3. The van der Waals surface area contributed by atoms with E-state index in [0.717, 1.165) is 0 Å². The van der Waals surface area contributed by atoms with Crippen molar-refractivity contribution in [3.8, 4) is 11.6 Å². The van der Waals surface area contributed by atoms with Crippen LogP contribution >= 0.6 is 0 Å². The molecule has 6 nitrogen and oxygen atoms in total. The first kappa shape index (κ1) is 8.92. The summed E-state index contributed by atoms with van der Waals surface area (Å²) in [7, 11) is 0. The molecule has 2 rings (SSSR count). The van der Waals surface area contributed by atoms with Gasteiger partial charge in [-0.2, -0.15) is 0 Å². The van der Waals surface area contributed by atoms with E-state index in [1.54, 1.807) is 12.3 Å². The summed E-state index contributed by atoms with van der Waals surface area (Å²) in [5.41, 5.74) is 5.96. The smallest absolute Gasteiger partial charge is 0.264 e. The predicted molar refractivity (Wildman–Crippen MR) is 48.1 cm³/mol. The second-order valence-electron chi connectivity index (χ2n) is 2.78. The summed E-state index contributed by atoms with van der Waals surface area (Å²) in [6.45, 7) is 0.0619. The monoisotopic (exact) mass is 194 g/mol. The van der Waals surface area contributed by atoms with Gasteiger partial charge in [0.15, 0.2) is 0 Å². The third-order valence-corrected chi connectivity index (χ3v) is 1.78. The lowest BCUT2D eigenvalue weighted by Gasteiger charge is -1.98. The molecule has 4 N–H and O–H groups in total. The molecule has 0 saturated heterocycles. The van der Waals surface area contributed by atoms with Gasteiger partial charge in [0, 0.05) is 12.7 Å². The van der Waals surface area contributed by atoms with Crippen molar-refractivity contribution in [1.82, 2.24) is 15.2 Å². The third-order valence-electron chi connectivity index (χ3n) is 1.78. The summed E-state index contributed by atoms with van der Waals surface area (Å²) in [4.78, 5) is 2.91. The van der Waals surface area contributed by atoms with Gasteiger partial charge in [-0.05, 0) is 12.1 Å². The number of aliphatic hydroxyl groups excluding tert-OH is 1. The minimum absolute atomic E-state index is 0.0619. The molecule has 1 atom stereocenters. The number of hydrogen-bond acceptors (Lipinski definition) is 5. The molecule has 0 bridgehead atoms. The fraction of sp³-hybridized carbons (Fsp3) is 0.250. The van der Waals surface area contributed by atoms with E-state index in [2.05, 4.69) is 15.2 Å². The standard InChI is InChI=1S/C8H10N4O2/c9-4-6(13)8-12-11-7(14-8)5-2-1-3-10-5/h1-3,6,10,13H,4,9H2. The molecule has 0 fully saturated rings. The van der Waals surface area contributed by atoms with E-state index in [9.17, 15) is 5.11 Å². The van der Waals surface area contributed by atoms with Gasteiger partial charge in [-0.3, -0.25) is 0 Å². The van der Waals surface area contributed by atoms with Crippen LogP contribution in [0.25, 0.3) is 11.6 Å². The molecule has 0 aliphatic rings. The summed E-state index contributed by atoms with van der Waals surface area (Å²) in [5.74, 6) is 0.481. The molecule has 1 unspecified atom stereocenters. The van der Waals surface area contributed by atoms with Gasteiger partial charge in [0.25, 0.3) is 5.89 Å². The van der Waals surface area contributed by atoms with Crippen LogP contribution in [0.5, 0.6) is 0 Å². The van der Waals surface area contributed by atoms with Crippen LogP contribution < -0.4 is 5.73 Å². The number of nitrogens with one attached hydrogen (secondary N) is 1. The molecule has 2 aromatic heterocycles. The fourth-order valence-corrected chi connectivity index (χ4v) is 1.04. The second-order valence-corrected chi connectivity index (χ2v) is 2.78. The number of nitrogens with two attached hydrogens (primary N) is 1. The second kappa shape index (κ2) is 3.60. The highest BCUT2D eigenvalue weighted by molar-refractivity contribution is 5.45. The Labute approximate surface area is 79.8 Å². The Bertz CT molecular complexity index is 395. The van der Waals surface area contributed by atoms with Gasteiger partial charge in [0.05, 0.1) is 0 Å². The summed E-state index contributed by atoms with van der Waals surface area (Å²) in [5, 5.41) is 16.7. The van der Waals surface area contributed by atoms with E-state index >= 15 is 0 Å². The highest BCUT2D eigenvalue weighted by Gasteiger charge is 2.14. The normalized spacial score (nSPS) is 13.0. The maximum absolute atomic E-state index is 9.31. The predicted octanol–water partition coefficient (Wildman–Crippen LogP) is 0.0568. The molecule has 0 aliphatic heterocycles. The molecule has 74 valence electrons. The molecule has 0 saturated carbocycles. The SMILES string of the molecule is NCC(O)c1nnc(-c2ccc[nH]2)o1. The highest BCUT2D eigenvalue weighted by atomic mass is 16.4. The summed E-state index contributed by atoms with van der Waals surface area (Å²) in [6, 6.07) is 3.62. The van der Waals surface area contributed by atoms with Crippen LogP contribution in [-0.2, 0) is 0 Å². The zero-order valence-electron chi connectivity index (χ0n) is 7.34. The molecule has 2 aromatic rings. The Morgan fingerprint density at radius 2 is 2.43 bits per heavy atom. The van der Waals surface area contributed by atoms with Crippen LogP contribution in [0.1, 0.15) is 12.0 Å². The highest BCUT2D eigenvalue weighted by Crippen LogP contribution is 2.17.